The van der Waals surface area contributed by atoms with Crippen molar-refractivity contribution in [3.63, 3.8) is 0 Å². The van der Waals surface area contributed by atoms with Crippen LogP contribution in [-0.2, 0) is 0 Å². The number of hydrogen-bond donors (Lipinski definition) is 0. The first kappa shape index (κ1) is 10.8. The number of thiocarbonyl (C=S) groups is 1. The fourth-order valence-electron chi connectivity index (χ4n) is 1.02. The minimum atomic E-state index is 0.379. The molecule has 11 heavy (non-hydrogen) atoms. The smallest absolute Gasteiger partial charge is 0.0587 e. The van der Waals surface area contributed by atoms with Crippen LogP contribution in [0.4, 0.5) is 0 Å². The molecule has 0 aliphatic carbocycles. The van der Waals surface area contributed by atoms with Crippen LogP contribution in [0.25, 0.3) is 0 Å². The highest BCUT2D eigenvalue weighted by molar-refractivity contribution is 7.78. The summed E-state index contributed by atoms with van der Waals surface area (Å²) in [6.07, 6.45) is 6.39. The predicted molar refractivity (Wildman–Crippen MR) is 53.2 cm³/mol. The lowest BCUT2D eigenvalue weighted by Gasteiger charge is -2.02. The second kappa shape index (κ2) is 7.90. The highest BCUT2D eigenvalue weighted by atomic mass is 32.1. The fraction of sp³-hybridized carbons (Fsp3) is 0.889. The Morgan fingerprint density at radius 3 is 2.64 bits per heavy atom. The van der Waals surface area contributed by atoms with Crippen LogP contribution in [0.15, 0.2) is 4.99 Å². The largest absolute Gasteiger partial charge is 0.229 e. The molecule has 0 rings (SSSR count). The average molecular weight is 171 g/mol. The second-order valence-corrected chi connectivity index (χ2v) is 3.10. The summed E-state index contributed by atoms with van der Waals surface area (Å²) in [6, 6.07) is 0.379. The van der Waals surface area contributed by atoms with Crippen molar-refractivity contribution in [2.75, 3.05) is 0 Å². The Kier molecular flexibility index (Phi) is 7.76. The van der Waals surface area contributed by atoms with Crippen molar-refractivity contribution in [2.45, 2.75) is 52.0 Å². The van der Waals surface area contributed by atoms with E-state index in [1.807, 2.05) is 0 Å². The third-order valence-electron chi connectivity index (χ3n) is 1.75. The molecule has 0 radical (unpaired) electrons. The maximum absolute atomic E-state index is 4.51. The molecule has 0 aromatic carbocycles. The lowest BCUT2D eigenvalue weighted by atomic mass is 10.1. The first-order valence-electron chi connectivity index (χ1n) is 4.38. The zero-order valence-corrected chi connectivity index (χ0v) is 8.28. The summed E-state index contributed by atoms with van der Waals surface area (Å²) >= 11 is 4.51. The number of aliphatic imine (C=N–C) groups is 1. The molecular formula is C9H17NS. The minimum absolute atomic E-state index is 0.379. The maximum Gasteiger partial charge on any atom is 0.0587 e. The zero-order valence-electron chi connectivity index (χ0n) is 7.47. The topological polar surface area (TPSA) is 12.4 Å². The molecule has 0 N–H and O–H groups in total. The minimum Gasteiger partial charge on any atom is -0.229 e. The van der Waals surface area contributed by atoms with Crippen molar-refractivity contribution in [2.24, 2.45) is 4.99 Å². The van der Waals surface area contributed by atoms with E-state index < -0.39 is 0 Å². The summed E-state index contributed by atoms with van der Waals surface area (Å²) < 4.78 is 0. The third-order valence-corrected chi connectivity index (χ3v) is 1.85. The molecule has 0 spiro atoms. The highest BCUT2D eigenvalue weighted by Crippen LogP contribution is 2.06. The van der Waals surface area contributed by atoms with Gasteiger partial charge in [0, 0.05) is 0 Å². The first-order chi connectivity index (χ1) is 5.31. The molecule has 1 atom stereocenters. The Morgan fingerprint density at radius 1 is 1.36 bits per heavy atom. The molecule has 2 heteroatoms. The molecule has 0 aromatic heterocycles. The van der Waals surface area contributed by atoms with Gasteiger partial charge < -0.3 is 0 Å². The summed E-state index contributed by atoms with van der Waals surface area (Å²) in [7, 11) is 0. The summed E-state index contributed by atoms with van der Waals surface area (Å²) in [5.74, 6) is 0. The van der Waals surface area contributed by atoms with Gasteiger partial charge in [-0.2, -0.15) is 0 Å². The van der Waals surface area contributed by atoms with Gasteiger partial charge in [-0.3, -0.25) is 0 Å². The van der Waals surface area contributed by atoms with Gasteiger partial charge in [-0.05, 0) is 25.6 Å². The van der Waals surface area contributed by atoms with Gasteiger partial charge in [-0.15, -0.1) is 0 Å². The van der Waals surface area contributed by atoms with Gasteiger partial charge in [0.25, 0.3) is 0 Å². The van der Waals surface area contributed by atoms with E-state index in [0.717, 1.165) is 6.42 Å². The molecule has 0 aliphatic heterocycles. The van der Waals surface area contributed by atoms with Gasteiger partial charge >= 0.3 is 0 Å². The average Bonchev–Trinajstić information content (AvgIpc) is 1.99. The molecule has 64 valence electrons. The van der Waals surface area contributed by atoms with Crippen molar-refractivity contribution in [3.8, 4) is 0 Å². The predicted octanol–water partition coefficient (Wildman–Crippen LogP) is 3.45. The normalized spacial score (nSPS) is 12.2. The molecule has 0 aromatic rings. The van der Waals surface area contributed by atoms with Gasteiger partial charge in [0.2, 0.25) is 0 Å². The van der Waals surface area contributed by atoms with Gasteiger partial charge in [0.05, 0.1) is 11.2 Å². The van der Waals surface area contributed by atoms with Crippen molar-refractivity contribution >= 4 is 17.4 Å². The lowest BCUT2D eigenvalue weighted by Crippen LogP contribution is -1.96. The van der Waals surface area contributed by atoms with Crippen molar-refractivity contribution < 1.29 is 0 Å². The van der Waals surface area contributed by atoms with Crippen LogP contribution in [0.5, 0.6) is 0 Å². The Labute approximate surface area is 74.9 Å². The van der Waals surface area contributed by atoms with Crippen LogP contribution in [0.3, 0.4) is 0 Å². The molecule has 0 bridgehead atoms. The van der Waals surface area contributed by atoms with Crippen molar-refractivity contribution in [1.29, 1.82) is 0 Å². The number of nitrogens with zero attached hydrogens (tertiary/aromatic N) is 1. The summed E-state index contributed by atoms with van der Waals surface area (Å²) in [4.78, 5) is 3.99. The molecule has 0 fully saturated rings. The molecule has 1 unspecified atom stereocenters. The summed E-state index contributed by atoms with van der Waals surface area (Å²) in [6.45, 7) is 4.31. The molecule has 0 amide bonds. The Bertz CT molecular complexity index is 128. The third kappa shape index (κ3) is 7.70. The lowest BCUT2D eigenvalue weighted by molar-refractivity contribution is 0.578. The van der Waals surface area contributed by atoms with Crippen LogP contribution in [0, 0.1) is 0 Å². The Morgan fingerprint density at radius 2 is 2.09 bits per heavy atom. The summed E-state index contributed by atoms with van der Waals surface area (Å²) in [5.41, 5.74) is 0. The number of isothiocyanates is 1. The van der Waals surface area contributed by atoms with Gasteiger partial charge in [-0.1, -0.05) is 32.6 Å². The molecule has 1 nitrogen and oxygen atoms in total. The number of unbranched alkanes of at least 4 members (excludes halogenated alkanes) is 3. The van der Waals surface area contributed by atoms with Crippen molar-refractivity contribution in [3.05, 3.63) is 0 Å². The summed E-state index contributed by atoms with van der Waals surface area (Å²) in [5, 5.41) is 2.42. The monoisotopic (exact) mass is 171 g/mol. The van der Waals surface area contributed by atoms with E-state index in [-0.39, 0.29) is 0 Å². The molecule has 0 heterocycles. The van der Waals surface area contributed by atoms with E-state index in [1.165, 1.54) is 25.7 Å². The molecule has 0 saturated heterocycles. The molecule has 0 aliphatic rings. The molecular weight excluding hydrogens is 154 g/mol. The standard InChI is InChI=1S/C9H17NS/c1-3-4-5-6-7-9(2)10-8-11/h9H,3-7H2,1-2H3. The van der Waals surface area contributed by atoms with Gasteiger partial charge in [0.1, 0.15) is 0 Å². The quantitative estimate of drug-likeness (QED) is 0.339. The SMILES string of the molecule is CCCCCCC(C)N=C=S. The number of hydrogen-bond acceptors (Lipinski definition) is 2. The van der Waals surface area contributed by atoms with Crippen molar-refractivity contribution in [1.82, 2.24) is 0 Å². The van der Waals surface area contributed by atoms with Gasteiger partial charge in [0.15, 0.2) is 0 Å². The zero-order chi connectivity index (χ0) is 8.53. The number of rotatable bonds is 6. The maximum atomic E-state index is 4.51. The van der Waals surface area contributed by atoms with E-state index in [4.69, 9.17) is 0 Å². The second-order valence-electron chi connectivity index (χ2n) is 2.92. The Balaban J connectivity index is 3.17. The van der Waals surface area contributed by atoms with E-state index >= 15 is 0 Å². The van der Waals surface area contributed by atoms with E-state index in [9.17, 15) is 0 Å². The van der Waals surface area contributed by atoms with Crippen LogP contribution < -0.4 is 0 Å². The Hall–Kier alpha value is -0.200. The van der Waals surface area contributed by atoms with E-state index in [0.29, 0.717) is 6.04 Å². The van der Waals surface area contributed by atoms with Crippen LogP contribution in [0.1, 0.15) is 46.0 Å². The van der Waals surface area contributed by atoms with Crippen LogP contribution >= 0.6 is 12.2 Å². The first-order valence-corrected chi connectivity index (χ1v) is 4.79. The molecule has 0 saturated carbocycles. The highest BCUT2D eigenvalue weighted by Gasteiger charge is 1.96. The van der Waals surface area contributed by atoms with Crippen LogP contribution in [-0.4, -0.2) is 11.2 Å². The fourth-order valence-corrected chi connectivity index (χ4v) is 1.20. The van der Waals surface area contributed by atoms with E-state index in [2.05, 4.69) is 36.2 Å². The van der Waals surface area contributed by atoms with Gasteiger partial charge in [-0.25, -0.2) is 4.99 Å². The van der Waals surface area contributed by atoms with Crippen LogP contribution in [0.2, 0.25) is 0 Å². The van der Waals surface area contributed by atoms with E-state index in [1.54, 1.807) is 0 Å².